The highest BCUT2D eigenvalue weighted by Crippen LogP contribution is 2.23. The number of carbonyl (C=O) groups excluding carboxylic acids is 1. The molecule has 6 heteroatoms. The zero-order valence-corrected chi connectivity index (χ0v) is 25.9. The molecule has 1 atom stereocenters. The standard InChI is InChI=1S/C38H46O6/c1-2-37(39)42-26-10-5-3-9-25-41-36-23-20-33-29-32(16-19-34(33)30-36)15-14-31-17-21-35(22-18-31)40-24-8-4-6-11-27-43-38-13-7-12-28-44-38/h2,16-23,29-30,38H,1,3-13,24-28H2. The summed E-state index contributed by atoms with van der Waals surface area (Å²) >= 11 is 0. The molecule has 3 aromatic carbocycles. The SMILES string of the molecule is C=CC(=O)OCCCCCCOc1ccc2cc(C#Cc3ccc(OCCCCCCOC4CCCCO4)cc3)ccc2c1. The molecule has 6 nitrogen and oxygen atoms in total. The predicted octanol–water partition coefficient (Wildman–Crippen LogP) is 8.39. The fourth-order valence-electron chi connectivity index (χ4n) is 4.95. The van der Waals surface area contributed by atoms with E-state index in [4.69, 9.17) is 23.7 Å². The van der Waals surface area contributed by atoms with E-state index in [2.05, 4.69) is 42.7 Å². The number of esters is 1. The molecule has 1 aliphatic heterocycles. The highest BCUT2D eigenvalue weighted by atomic mass is 16.7. The molecule has 234 valence electrons. The quantitative estimate of drug-likeness (QED) is 0.0634. The van der Waals surface area contributed by atoms with E-state index in [-0.39, 0.29) is 12.3 Å². The molecule has 44 heavy (non-hydrogen) atoms. The Morgan fingerprint density at radius 3 is 2.07 bits per heavy atom. The van der Waals surface area contributed by atoms with E-state index in [1.165, 1.54) is 12.5 Å². The van der Waals surface area contributed by atoms with Crippen molar-refractivity contribution in [1.29, 1.82) is 0 Å². The minimum absolute atomic E-state index is 0.0181. The number of hydrogen-bond donors (Lipinski definition) is 0. The summed E-state index contributed by atoms with van der Waals surface area (Å²) in [5, 5.41) is 2.26. The summed E-state index contributed by atoms with van der Waals surface area (Å²) < 4.78 is 28.2. The van der Waals surface area contributed by atoms with Crippen molar-refractivity contribution in [3.63, 3.8) is 0 Å². The Bertz CT molecular complexity index is 1350. The highest BCUT2D eigenvalue weighted by molar-refractivity contribution is 5.85. The van der Waals surface area contributed by atoms with Gasteiger partial charge in [-0.05, 0) is 124 Å². The zero-order chi connectivity index (χ0) is 30.7. The van der Waals surface area contributed by atoms with E-state index in [0.717, 1.165) is 117 Å². The van der Waals surface area contributed by atoms with Crippen molar-refractivity contribution in [3.05, 3.63) is 84.4 Å². The van der Waals surface area contributed by atoms with Crippen LogP contribution in [0.4, 0.5) is 0 Å². The Hall–Kier alpha value is -3.79. The van der Waals surface area contributed by atoms with Crippen molar-refractivity contribution in [3.8, 4) is 23.3 Å². The van der Waals surface area contributed by atoms with Crippen LogP contribution in [0.3, 0.4) is 0 Å². The third-order valence-corrected chi connectivity index (χ3v) is 7.48. The van der Waals surface area contributed by atoms with Gasteiger partial charge in [0.15, 0.2) is 6.29 Å². The van der Waals surface area contributed by atoms with Crippen LogP contribution in [0.1, 0.15) is 81.8 Å². The number of rotatable bonds is 18. The summed E-state index contributed by atoms with van der Waals surface area (Å²) in [6.07, 6.45) is 12.9. The molecule has 0 amide bonds. The monoisotopic (exact) mass is 598 g/mol. The van der Waals surface area contributed by atoms with Crippen LogP contribution in [-0.2, 0) is 19.0 Å². The van der Waals surface area contributed by atoms with Crippen LogP contribution in [0.25, 0.3) is 10.8 Å². The first-order valence-corrected chi connectivity index (χ1v) is 16.1. The second kappa shape index (κ2) is 19.5. The highest BCUT2D eigenvalue weighted by Gasteiger charge is 2.13. The first kappa shape index (κ1) is 33.1. The fourth-order valence-corrected chi connectivity index (χ4v) is 4.95. The van der Waals surface area contributed by atoms with Gasteiger partial charge in [0.05, 0.1) is 19.8 Å². The van der Waals surface area contributed by atoms with Gasteiger partial charge in [0.25, 0.3) is 0 Å². The largest absolute Gasteiger partial charge is 0.494 e. The smallest absolute Gasteiger partial charge is 0.330 e. The molecule has 1 fully saturated rings. The number of unbranched alkanes of at least 4 members (excludes halogenated alkanes) is 6. The van der Waals surface area contributed by atoms with Crippen molar-refractivity contribution in [2.45, 2.75) is 76.9 Å². The van der Waals surface area contributed by atoms with Gasteiger partial charge in [-0.2, -0.15) is 0 Å². The first-order valence-electron chi connectivity index (χ1n) is 16.1. The molecule has 3 aromatic rings. The van der Waals surface area contributed by atoms with Gasteiger partial charge in [-0.1, -0.05) is 37.0 Å². The number of ether oxygens (including phenoxy) is 5. The normalized spacial score (nSPS) is 14.4. The van der Waals surface area contributed by atoms with Crippen molar-refractivity contribution >= 4 is 16.7 Å². The van der Waals surface area contributed by atoms with Crippen LogP contribution in [0.2, 0.25) is 0 Å². The molecule has 1 saturated heterocycles. The van der Waals surface area contributed by atoms with Gasteiger partial charge >= 0.3 is 5.97 Å². The molecule has 1 unspecified atom stereocenters. The molecule has 1 aliphatic rings. The second-order valence-electron chi connectivity index (χ2n) is 11.1. The van der Waals surface area contributed by atoms with Crippen molar-refractivity contribution in [2.24, 2.45) is 0 Å². The maximum absolute atomic E-state index is 11.0. The van der Waals surface area contributed by atoms with E-state index in [1.807, 2.05) is 36.4 Å². The lowest BCUT2D eigenvalue weighted by Crippen LogP contribution is -2.22. The van der Waals surface area contributed by atoms with Gasteiger partial charge < -0.3 is 23.7 Å². The van der Waals surface area contributed by atoms with Crippen LogP contribution in [0, 0.1) is 11.8 Å². The Labute approximate surface area is 262 Å². The van der Waals surface area contributed by atoms with Crippen LogP contribution >= 0.6 is 0 Å². The molecule has 0 aliphatic carbocycles. The maximum Gasteiger partial charge on any atom is 0.330 e. The van der Waals surface area contributed by atoms with Crippen LogP contribution < -0.4 is 9.47 Å². The second-order valence-corrected chi connectivity index (χ2v) is 11.1. The molecule has 4 rings (SSSR count). The Kier molecular flexibility index (Phi) is 14.7. The minimum Gasteiger partial charge on any atom is -0.494 e. The number of fused-ring (bicyclic) bond motifs is 1. The lowest BCUT2D eigenvalue weighted by molar-refractivity contribution is -0.162. The number of benzene rings is 3. The van der Waals surface area contributed by atoms with Crippen LogP contribution in [0.5, 0.6) is 11.5 Å². The van der Waals surface area contributed by atoms with Crippen LogP contribution in [0.15, 0.2) is 73.3 Å². The van der Waals surface area contributed by atoms with E-state index in [9.17, 15) is 4.79 Å². The molecular formula is C38H46O6. The molecule has 1 heterocycles. The van der Waals surface area contributed by atoms with E-state index >= 15 is 0 Å². The van der Waals surface area contributed by atoms with Gasteiger partial charge in [0.1, 0.15) is 11.5 Å². The Morgan fingerprint density at radius 2 is 1.34 bits per heavy atom. The third kappa shape index (κ3) is 12.4. The van der Waals surface area contributed by atoms with Gasteiger partial charge in [-0.3, -0.25) is 0 Å². The lowest BCUT2D eigenvalue weighted by atomic mass is 10.1. The number of carbonyl (C=O) groups is 1. The van der Waals surface area contributed by atoms with E-state index in [0.29, 0.717) is 13.2 Å². The zero-order valence-electron chi connectivity index (χ0n) is 25.9. The first-order chi connectivity index (χ1) is 21.7. The average Bonchev–Trinajstić information content (AvgIpc) is 3.07. The molecule has 0 spiro atoms. The van der Waals surface area contributed by atoms with Gasteiger partial charge in [-0.15, -0.1) is 0 Å². The summed E-state index contributed by atoms with van der Waals surface area (Å²) in [6.45, 7) is 6.84. The van der Waals surface area contributed by atoms with Gasteiger partial charge in [0.2, 0.25) is 0 Å². The molecule has 0 N–H and O–H groups in total. The van der Waals surface area contributed by atoms with Crippen molar-refractivity contribution in [2.75, 3.05) is 33.0 Å². The maximum atomic E-state index is 11.0. The van der Waals surface area contributed by atoms with Gasteiger partial charge in [-0.25, -0.2) is 4.79 Å². The minimum atomic E-state index is -0.361. The number of hydrogen-bond acceptors (Lipinski definition) is 6. The Balaban J connectivity index is 1.10. The predicted molar refractivity (Wildman–Crippen MR) is 175 cm³/mol. The third-order valence-electron chi connectivity index (χ3n) is 7.48. The molecule has 0 aromatic heterocycles. The lowest BCUT2D eigenvalue weighted by Gasteiger charge is -2.22. The Morgan fingerprint density at radius 1 is 0.727 bits per heavy atom. The van der Waals surface area contributed by atoms with Gasteiger partial charge in [0, 0.05) is 30.4 Å². The summed E-state index contributed by atoms with van der Waals surface area (Å²) in [5.41, 5.74) is 1.93. The summed E-state index contributed by atoms with van der Waals surface area (Å²) in [7, 11) is 0. The summed E-state index contributed by atoms with van der Waals surface area (Å²) in [4.78, 5) is 11.0. The average molecular weight is 599 g/mol. The topological polar surface area (TPSA) is 63.2 Å². The summed E-state index contributed by atoms with van der Waals surface area (Å²) in [5.74, 6) is 7.94. The van der Waals surface area contributed by atoms with Crippen LogP contribution in [-0.4, -0.2) is 45.3 Å². The van der Waals surface area contributed by atoms with E-state index < -0.39 is 0 Å². The van der Waals surface area contributed by atoms with Crippen molar-refractivity contribution in [1.82, 2.24) is 0 Å². The fraction of sp³-hybridized carbons (Fsp3) is 0.447. The molecule has 0 radical (unpaired) electrons. The van der Waals surface area contributed by atoms with Crippen molar-refractivity contribution < 1.29 is 28.5 Å². The molecule has 0 saturated carbocycles. The molecular weight excluding hydrogens is 552 g/mol. The summed E-state index contributed by atoms with van der Waals surface area (Å²) in [6, 6.07) is 20.4. The molecule has 0 bridgehead atoms. The van der Waals surface area contributed by atoms with E-state index in [1.54, 1.807) is 0 Å².